The largest absolute Gasteiger partial charge is 0.342 e. The summed E-state index contributed by atoms with van der Waals surface area (Å²) in [6, 6.07) is 0. The minimum atomic E-state index is -3.17. The second-order valence-corrected chi connectivity index (χ2v) is 0.278. The van der Waals surface area contributed by atoms with Crippen LogP contribution in [0.25, 0.3) is 0 Å². The molecule has 0 aromatic rings. The Kier molecular flexibility index (Phi) is 1.12. The Hall–Kier alpha value is -0.180. The van der Waals surface area contributed by atoms with Crippen molar-refractivity contribution < 1.29 is 13.9 Å². The van der Waals surface area contributed by atoms with Crippen LogP contribution in [0.4, 0.5) is 8.78 Å². The molecular formula is CH2F2O. The Morgan fingerprint density at radius 2 is 1.50 bits per heavy atom. The van der Waals surface area contributed by atoms with Crippen molar-refractivity contribution in [2.45, 2.75) is 6.61 Å². The number of aliphatic hydroxyl groups is 1. The van der Waals surface area contributed by atoms with Crippen molar-refractivity contribution in [1.82, 2.24) is 0 Å². The van der Waals surface area contributed by atoms with Crippen LogP contribution in [-0.4, -0.2) is 11.7 Å². The molecule has 0 spiro atoms. The Morgan fingerprint density at radius 3 is 1.50 bits per heavy atom. The predicted molar refractivity (Wildman–Crippen MR) is 8.22 cm³/mol. The van der Waals surface area contributed by atoms with E-state index in [1.165, 1.54) is 0 Å². The zero-order valence-electron chi connectivity index (χ0n) is 1.78. The standard InChI is InChI=1S/CH2F2O/c2-1(3)4/h1,4H. The summed E-state index contributed by atoms with van der Waals surface area (Å²) in [7, 11) is 0. The van der Waals surface area contributed by atoms with E-state index >= 15 is 0 Å². The summed E-state index contributed by atoms with van der Waals surface area (Å²) in [5.74, 6) is 0. The van der Waals surface area contributed by atoms with E-state index in [1.807, 2.05) is 0 Å². The second kappa shape index (κ2) is 1.17. The normalized spacial score (nSPS) is 9.00. The highest BCUT2D eigenvalue weighted by atomic mass is 19.3. The molecule has 3 heteroatoms. The summed E-state index contributed by atoms with van der Waals surface area (Å²) in [5.41, 5.74) is 0. The first kappa shape index (κ1) is 3.82. The van der Waals surface area contributed by atoms with Gasteiger partial charge >= 0.3 is 6.61 Å². The molecule has 0 bridgehead atoms. The average molecular weight is 68.0 g/mol. The molecule has 0 saturated heterocycles. The first-order chi connectivity index (χ1) is 1.73. The first-order valence-electron chi connectivity index (χ1n) is 0.695. The highest BCUT2D eigenvalue weighted by molar-refractivity contribution is 3.81. The molecule has 0 aromatic carbocycles. The molecular weight excluding hydrogens is 66.0 g/mol. The van der Waals surface area contributed by atoms with E-state index in [1.54, 1.807) is 0 Å². The van der Waals surface area contributed by atoms with Crippen LogP contribution >= 0.6 is 0 Å². The number of halogens is 2. The maximum atomic E-state index is 9.89. The van der Waals surface area contributed by atoms with Gasteiger partial charge in [-0.2, -0.15) is 8.78 Å². The van der Waals surface area contributed by atoms with E-state index in [-0.39, 0.29) is 0 Å². The lowest BCUT2D eigenvalue weighted by molar-refractivity contribution is -0.0728. The summed E-state index contributed by atoms with van der Waals surface area (Å²) < 4.78 is 19.8. The molecule has 0 unspecified atom stereocenters. The number of rotatable bonds is 0. The zero-order chi connectivity index (χ0) is 3.58. The molecule has 0 aromatic heterocycles. The third-order valence-electron chi connectivity index (χ3n) is 0. The number of hydrogen-bond acceptors (Lipinski definition) is 1. The monoisotopic (exact) mass is 68.0 g/mol. The van der Waals surface area contributed by atoms with Gasteiger partial charge < -0.3 is 5.11 Å². The third kappa shape index (κ3) is 37.8. The van der Waals surface area contributed by atoms with Crippen LogP contribution in [0.1, 0.15) is 0 Å². The summed E-state index contributed by atoms with van der Waals surface area (Å²) in [6.45, 7) is -3.17. The van der Waals surface area contributed by atoms with E-state index in [4.69, 9.17) is 5.11 Å². The molecule has 0 fully saturated rings. The number of alkyl halides is 2. The molecule has 0 atom stereocenters. The smallest absolute Gasteiger partial charge is 0.339 e. The quantitative estimate of drug-likeness (QED) is 0.430. The molecule has 0 aliphatic heterocycles. The lowest BCUT2D eigenvalue weighted by Crippen LogP contribution is -1.78. The molecule has 0 aliphatic carbocycles. The van der Waals surface area contributed by atoms with Gasteiger partial charge in [-0.25, -0.2) is 0 Å². The minimum absolute atomic E-state index is 3.17. The lowest BCUT2D eigenvalue weighted by atomic mass is 11.5. The van der Waals surface area contributed by atoms with Gasteiger partial charge in [-0.3, -0.25) is 0 Å². The molecule has 26 valence electrons. The van der Waals surface area contributed by atoms with E-state index in [2.05, 4.69) is 0 Å². The highest BCUT2D eigenvalue weighted by Crippen LogP contribution is 1.77. The number of hydrogen-bond donors (Lipinski definition) is 1. The molecule has 0 amide bonds. The number of aliphatic hydroxyl groups excluding tert-OH is 1. The van der Waals surface area contributed by atoms with Crippen LogP contribution < -0.4 is 0 Å². The maximum Gasteiger partial charge on any atom is 0.342 e. The SMILES string of the molecule is OC(F)F. The van der Waals surface area contributed by atoms with E-state index in [0.29, 0.717) is 0 Å². The zero-order valence-corrected chi connectivity index (χ0v) is 1.78. The van der Waals surface area contributed by atoms with Crippen molar-refractivity contribution in [3.8, 4) is 0 Å². The van der Waals surface area contributed by atoms with Gasteiger partial charge in [0.15, 0.2) is 0 Å². The van der Waals surface area contributed by atoms with Gasteiger partial charge in [0.1, 0.15) is 0 Å². The van der Waals surface area contributed by atoms with Gasteiger partial charge in [0, 0.05) is 0 Å². The summed E-state index contributed by atoms with van der Waals surface area (Å²) in [5, 5.41) is 6.72. The summed E-state index contributed by atoms with van der Waals surface area (Å²) >= 11 is 0. The first-order valence-corrected chi connectivity index (χ1v) is 0.695. The average Bonchev–Trinajstić information content (AvgIpc) is 0.811. The van der Waals surface area contributed by atoms with E-state index < -0.39 is 6.61 Å². The molecule has 0 saturated carbocycles. The van der Waals surface area contributed by atoms with Crippen LogP contribution in [0.15, 0.2) is 0 Å². The molecule has 0 rings (SSSR count). The van der Waals surface area contributed by atoms with E-state index in [9.17, 15) is 8.78 Å². The predicted octanol–water partition coefficient (Wildman–Crippen LogP) is 0.201. The Bertz CT molecular complexity index is 10.8. The van der Waals surface area contributed by atoms with Gasteiger partial charge in [0.2, 0.25) is 0 Å². The molecule has 0 heterocycles. The Morgan fingerprint density at radius 1 is 1.50 bits per heavy atom. The fourth-order valence-electron chi connectivity index (χ4n) is 0. The molecule has 0 aliphatic rings. The molecule has 1 nitrogen and oxygen atoms in total. The Labute approximate surface area is 21.9 Å². The van der Waals surface area contributed by atoms with E-state index in [0.717, 1.165) is 0 Å². The van der Waals surface area contributed by atoms with Crippen LogP contribution in [-0.2, 0) is 0 Å². The Balaban J connectivity index is 2.32. The molecule has 4 heavy (non-hydrogen) atoms. The maximum absolute atomic E-state index is 9.89. The van der Waals surface area contributed by atoms with Gasteiger partial charge in [-0.15, -0.1) is 0 Å². The van der Waals surface area contributed by atoms with Crippen LogP contribution in [0.5, 0.6) is 0 Å². The molecule has 0 radical (unpaired) electrons. The minimum Gasteiger partial charge on any atom is -0.339 e. The summed E-state index contributed by atoms with van der Waals surface area (Å²) in [4.78, 5) is 0. The van der Waals surface area contributed by atoms with Gasteiger partial charge in [0.05, 0.1) is 0 Å². The van der Waals surface area contributed by atoms with Crippen molar-refractivity contribution in [2.24, 2.45) is 0 Å². The highest BCUT2D eigenvalue weighted by Gasteiger charge is 1.81. The third-order valence-corrected chi connectivity index (χ3v) is 0. The van der Waals surface area contributed by atoms with Crippen molar-refractivity contribution >= 4 is 0 Å². The van der Waals surface area contributed by atoms with Crippen molar-refractivity contribution in [2.75, 3.05) is 0 Å². The van der Waals surface area contributed by atoms with Crippen LogP contribution in [0.2, 0.25) is 0 Å². The lowest BCUT2D eigenvalue weighted by Gasteiger charge is -1.70. The van der Waals surface area contributed by atoms with Crippen molar-refractivity contribution in [3.05, 3.63) is 0 Å². The van der Waals surface area contributed by atoms with Gasteiger partial charge in [0.25, 0.3) is 0 Å². The fourth-order valence-corrected chi connectivity index (χ4v) is 0. The van der Waals surface area contributed by atoms with Crippen molar-refractivity contribution in [3.63, 3.8) is 0 Å². The topological polar surface area (TPSA) is 20.2 Å². The van der Waals surface area contributed by atoms with Crippen LogP contribution in [0.3, 0.4) is 0 Å². The van der Waals surface area contributed by atoms with Crippen molar-refractivity contribution in [1.29, 1.82) is 0 Å². The fraction of sp³-hybridized carbons (Fsp3) is 1.00. The van der Waals surface area contributed by atoms with Crippen LogP contribution in [0, 0.1) is 0 Å². The van der Waals surface area contributed by atoms with Gasteiger partial charge in [-0.1, -0.05) is 0 Å². The second-order valence-electron chi connectivity index (χ2n) is 0.278. The summed E-state index contributed by atoms with van der Waals surface area (Å²) in [6.07, 6.45) is 0. The molecule has 1 N–H and O–H groups in total. The van der Waals surface area contributed by atoms with Gasteiger partial charge in [-0.05, 0) is 0 Å².